The maximum absolute atomic E-state index is 3.98. The van der Waals surface area contributed by atoms with E-state index < -0.39 is 0 Å². The third kappa shape index (κ3) is 28.2. The summed E-state index contributed by atoms with van der Waals surface area (Å²) in [5, 5.41) is 21.2. The molecular weight excluding hydrogens is 1540 g/mol. The number of hydrogen-bond acceptors (Lipinski definition) is 8. The molecule has 624 valence electrons. The SMILES string of the molecule is Cc1cc2ccccc2c2ccccc12.Cc1ccc2cc(-c3ccccc3)ccc2c1.Cc1ccc2cc3ccccc3cc2c1.Cc1ccc2ccc(-c3ccccc3)cc2c1.Cc1ccc2ccccc2c1.Cc1cccc2c(-c3ccccc3)cccc12.Cc1ccccn1.Cc1cccnc1.Cc1ccncc1.Cc1ncccn1.Cc1ncncn1. The number of rotatable bonds is 3. The molecule has 0 radical (unpaired) electrons. The number of aromatic nitrogens is 8. The first-order chi connectivity index (χ1) is 62.0. The van der Waals surface area contributed by atoms with Crippen molar-refractivity contribution in [1.82, 2.24) is 39.9 Å². The van der Waals surface area contributed by atoms with Gasteiger partial charge in [-0.2, -0.15) is 0 Å². The van der Waals surface area contributed by atoms with Crippen molar-refractivity contribution in [2.24, 2.45) is 0 Å². The Labute approximate surface area is 748 Å². The molecule has 0 unspecified atom stereocenters. The number of hydrogen-bond donors (Lipinski definition) is 0. The zero-order valence-corrected chi connectivity index (χ0v) is 74.4. The van der Waals surface area contributed by atoms with Gasteiger partial charge in [0.05, 0.1) is 0 Å². The zero-order chi connectivity index (χ0) is 88.7. The van der Waals surface area contributed by atoms with Crippen molar-refractivity contribution in [2.45, 2.75) is 76.2 Å². The smallest absolute Gasteiger partial charge is 0.128 e. The van der Waals surface area contributed by atoms with Crippen LogP contribution in [0.5, 0.6) is 0 Å². The molecule has 0 aliphatic heterocycles. The number of fused-ring (bicyclic) bond motifs is 9. The van der Waals surface area contributed by atoms with Gasteiger partial charge in [0.25, 0.3) is 0 Å². The third-order valence-corrected chi connectivity index (χ3v) is 21.0. The highest BCUT2D eigenvalue weighted by atomic mass is 15.0. The minimum Gasteiger partial charge on any atom is -0.265 e. The molecule has 22 aromatic rings. The van der Waals surface area contributed by atoms with Gasteiger partial charge in [-0.15, -0.1) is 0 Å². The lowest BCUT2D eigenvalue weighted by Crippen LogP contribution is -1.84. The van der Waals surface area contributed by atoms with Crippen LogP contribution >= 0.6 is 0 Å². The molecule has 0 aliphatic rings. The van der Waals surface area contributed by atoms with Gasteiger partial charge in [-0.05, 0) is 279 Å². The van der Waals surface area contributed by atoms with E-state index in [1.54, 1.807) is 43.2 Å². The summed E-state index contributed by atoms with van der Waals surface area (Å²) in [6.45, 7) is 22.6. The van der Waals surface area contributed by atoms with E-state index >= 15 is 0 Å². The number of aryl methyl sites for hydroxylation is 11. The molecule has 0 saturated carbocycles. The van der Waals surface area contributed by atoms with E-state index in [1.807, 2.05) is 89.3 Å². The molecule has 8 nitrogen and oxygen atoms in total. The van der Waals surface area contributed by atoms with Gasteiger partial charge in [0.2, 0.25) is 0 Å². The van der Waals surface area contributed by atoms with Crippen LogP contribution < -0.4 is 0 Å². The first-order valence-electron chi connectivity index (χ1n) is 42.8. The van der Waals surface area contributed by atoms with Crippen LogP contribution in [-0.2, 0) is 0 Å². The normalized spacial score (nSPS) is 10.2. The molecule has 5 heterocycles. The largest absolute Gasteiger partial charge is 0.265 e. The number of benzene rings is 17. The molecule has 8 heteroatoms. The van der Waals surface area contributed by atoms with Gasteiger partial charge in [0.15, 0.2) is 0 Å². The highest BCUT2D eigenvalue weighted by Crippen LogP contribution is 2.33. The topological polar surface area (TPSA) is 103 Å². The summed E-state index contributed by atoms with van der Waals surface area (Å²) >= 11 is 0. The highest BCUT2D eigenvalue weighted by molar-refractivity contribution is 6.09. The van der Waals surface area contributed by atoms with Crippen molar-refractivity contribution >= 4 is 86.2 Å². The van der Waals surface area contributed by atoms with Crippen LogP contribution in [0.4, 0.5) is 0 Å². The molecule has 0 saturated heterocycles. The Kier molecular flexibility index (Phi) is 34.0. The van der Waals surface area contributed by atoms with Crippen LogP contribution in [0, 0.1) is 76.2 Å². The Bertz CT molecular complexity index is 6890. The third-order valence-electron chi connectivity index (χ3n) is 21.0. The molecule has 0 fully saturated rings. The molecule has 5 aromatic heterocycles. The highest BCUT2D eigenvalue weighted by Gasteiger charge is 2.07. The van der Waals surface area contributed by atoms with Crippen LogP contribution in [0.1, 0.15) is 61.9 Å². The molecule has 0 amide bonds. The fraction of sp³-hybridized carbons (Fsp3) is 0.0924. The molecular formula is C119H108N8. The van der Waals surface area contributed by atoms with Crippen molar-refractivity contribution < 1.29 is 0 Å². The van der Waals surface area contributed by atoms with E-state index in [9.17, 15) is 0 Å². The Hall–Kier alpha value is -15.6. The van der Waals surface area contributed by atoms with Gasteiger partial charge in [-0.3, -0.25) is 15.0 Å². The Morgan fingerprint density at radius 3 is 1.06 bits per heavy atom. The molecule has 0 atom stereocenters. The van der Waals surface area contributed by atoms with Crippen molar-refractivity contribution in [3.63, 3.8) is 0 Å². The monoisotopic (exact) mass is 1650 g/mol. The van der Waals surface area contributed by atoms with Crippen molar-refractivity contribution in [2.75, 3.05) is 0 Å². The average Bonchev–Trinajstić information content (AvgIpc) is 0.751. The van der Waals surface area contributed by atoms with Gasteiger partial charge in [-0.1, -0.05) is 362 Å². The molecule has 127 heavy (non-hydrogen) atoms. The average molecular weight is 1650 g/mol. The summed E-state index contributed by atoms with van der Waals surface area (Å²) in [6, 6.07) is 141. The molecule has 0 N–H and O–H groups in total. The molecule has 0 spiro atoms. The summed E-state index contributed by atoms with van der Waals surface area (Å²) in [6.07, 6.45) is 15.4. The van der Waals surface area contributed by atoms with E-state index in [2.05, 4.69) is 427 Å². The van der Waals surface area contributed by atoms with Gasteiger partial charge in [0, 0.05) is 49.1 Å². The van der Waals surface area contributed by atoms with Gasteiger partial charge < -0.3 is 0 Å². The van der Waals surface area contributed by atoms with Crippen LogP contribution in [0.2, 0.25) is 0 Å². The second-order valence-electron chi connectivity index (χ2n) is 31.1. The minimum absolute atomic E-state index is 0.759. The minimum atomic E-state index is 0.759. The van der Waals surface area contributed by atoms with Crippen LogP contribution in [-0.4, -0.2) is 39.9 Å². The fourth-order valence-electron chi connectivity index (χ4n) is 14.3. The maximum atomic E-state index is 3.98. The van der Waals surface area contributed by atoms with Gasteiger partial charge in [0.1, 0.15) is 24.3 Å². The van der Waals surface area contributed by atoms with E-state index in [0.717, 1.165) is 17.3 Å². The van der Waals surface area contributed by atoms with Crippen LogP contribution in [0.25, 0.3) is 120 Å². The first-order valence-corrected chi connectivity index (χ1v) is 42.8. The Morgan fingerprint density at radius 2 is 0.567 bits per heavy atom. The second-order valence-corrected chi connectivity index (χ2v) is 31.1. The van der Waals surface area contributed by atoms with Crippen molar-refractivity contribution in [3.8, 4) is 33.4 Å². The molecule has 0 aliphatic carbocycles. The quantitative estimate of drug-likeness (QED) is 0.127. The number of nitrogens with zero attached hydrogens (tertiary/aromatic N) is 8. The second kappa shape index (κ2) is 47.7. The summed E-state index contributed by atoms with van der Waals surface area (Å²) in [4.78, 5) is 30.6. The van der Waals surface area contributed by atoms with Gasteiger partial charge >= 0.3 is 0 Å². The Morgan fingerprint density at radius 1 is 0.165 bits per heavy atom. The molecule has 22 rings (SSSR count). The standard InChI is InChI=1S/3C17H14.2C15H12.C11H10.3C6H7N.C5H6N2.C4H5N3/c1-13-7-5-12-17-15(13)10-6-11-16(17)14-8-3-2-4-9-14;1-13-7-8-17-12-16(10-9-15(17)11-13)14-5-3-2-4-6-14;1-13-7-8-15-9-10-16(12-17(15)11-13)14-5-3-2-4-6-14;1-11-10-12-6-2-3-8-14(12)15-9-5-4-7-13(11)15;1-11-6-7-14-9-12-4-2-3-5-13(12)10-15(14)8-11;1-9-6-7-10-4-2-3-5-11(10)8-9;1-6-2-4-7-5-3-6;1-6-3-2-4-7-5-6;1-6-4-2-3-5-7-6;1-5-6-3-2-4-7-5;1-4-6-2-5-3-7-4/h3*2-12H,1H3;2*2-10H,1H3;2-8H,1H3;3*2-5H,1H3;2-4H,1H3;2-3H,1H3. The summed E-state index contributed by atoms with van der Waals surface area (Å²) in [5.41, 5.74) is 19.2. The lowest BCUT2D eigenvalue weighted by Gasteiger charge is -2.08. The fourth-order valence-corrected chi connectivity index (χ4v) is 14.3. The van der Waals surface area contributed by atoms with E-state index in [-0.39, 0.29) is 0 Å². The van der Waals surface area contributed by atoms with E-state index in [4.69, 9.17) is 0 Å². The first kappa shape index (κ1) is 90.6. The van der Waals surface area contributed by atoms with Crippen LogP contribution in [0.15, 0.2) is 456 Å². The molecule has 17 aromatic carbocycles. The molecule has 0 bridgehead atoms. The van der Waals surface area contributed by atoms with E-state index in [0.29, 0.717) is 0 Å². The predicted molar refractivity (Wildman–Crippen MR) is 542 cm³/mol. The lowest BCUT2D eigenvalue weighted by atomic mass is 9.96. The van der Waals surface area contributed by atoms with Crippen molar-refractivity contribution in [3.05, 3.63) is 518 Å². The lowest BCUT2D eigenvalue weighted by molar-refractivity contribution is 0.974. The van der Waals surface area contributed by atoms with Gasteiger partial charge in [-0.25, -0.2) is 24.9 Å². The van der Waals surface area contributed by atoms with E-state index in [1.165, 1.54) is 177 Å². The van der Waals surface area contributed by atoms with Crippen LogP contribution in [0.3, 0.4) is 0 Å². The summed E-state index contributed by atoms with van der Waals surface area (Å²) in [7, 11) is 0. The van der Waals surface area contributed by atoms with Crippen molar-refractivity contribution in [1.29, 1.82) is 0 Å². The zero-order valence-electron chi connectivity index (χ0n) is 74.4. The summed E-state index contributed by atoms with van der Waals surface area (Å²) < 4.78 is 0. The Balaban J connectivity index is 0.000000129. The summed E-state index contributed by atoms with van der Waals surface area (Å²) in [5.74, 6) is 1.58. The maximum Gasteiger partial charge on any atom is 0.128 e. The predicted octanol–water partition coefficient (Wildman–Crippen LogP) is 31.3. The number of pyridine rings is 3.